The van der Waals surface area contributed by atoms with Crippen LogP contribution in [0.15, 0.2) is 6.07 Å². The Kier molecular flexibility index (Phi) is 4.62. The van der Waals surface area contributed by atoms with Crippen molar-refractivity contribution in [3.8, 4) is 0 Å². The van der Waals surface area contributed by atoms with Crippen molar-refractivity contribution in [2.24, 2.45) is 11.8 Å². The fourth-order valence-electron chi connectivity index (χ4n) is 3.58. The minimum absolute atomic E-state index is 0.100. The molecule has 1 N–H and O–H groups in total. The molecule has 1 aromatic rings. The van der Waals surface area contributed by atoms with Crippen LogP contribution in [0, 0.1) is 11.8 Å². The van der Waals surface area contributed by atoms with Crippen molar-refractivity contribution in [3.63, 3.8) is 0 Å². The molecule has 134 valence electrons. The second kappa shape index (κ2) is 6.41. The van der Waals surface area contributed by atoms with Gasteiger partial charge in [-0.1, -0.05) is 26.7 Å². The van der Waals surface area contributed by atoms with Crippen LogP contribution in [0.4, 0.5) is 13.2 Å². The smallest absolute Gasteiger partial charge is 0.351 e. The van der Waals surface area contributed by atoms with Gasteiger partial charge in [0.25, 0.3) is 0 Å². The summed E-state index contributed by atoms with van der Waals surface area (Å²) >= 11 is 0. The highest BCUT2D eigenvalue weighted by Crippen LogP contribution is 2.42. The first-order valence-corrected chi connectivity index (χ1v) is 8.70. The van der Waals surface area contributed by atoms with E-state index in [1.807, 2.05) is 0 Å². The van der Waals surface area contributed by atoms with Crippen LogP contribution in [0.5, 0.6) is 0 Å². The fraction of sp³-hybridized carbons (Fsp3) is 0.765. The number of hydrogen-bond donors (Lipinski definition) is 1. The molecular formula is C17H24F3N3O. The molecule has 0 spiro atoms. The third kappa shape index (κ3) is 3.75. The van der Waals surface area contributed by atoms with Gasteiger partial charge in [0.2, 0.25) is 5.91 Å². The van der Waals surface area contributed by atoms with E-state index in [0.717, 1.165) is 38.2 Å². The molecular weight excluding hydrogens is 319 g/mol. The Labute approximate surface area is 139 Å². The number of amides is 1. The lowest BCUT2D eigenvalue weighted by Gasteiger charge is -2.34. The van der Waals surface area contributed by atoms with Crippen molar-refractivity contribution < 1.29 is 18.0 Å². The Morgan fingerprint density at radius 1 is 1.29 bits per heavy atom. The number of nitrogens with one attached hydrogen (secondary N) is 1. The minimum Gasteiger partial charge on any atom is -0.351 e. The Morgan fingerprint density at radius 2 is 2.00 bits per heavy atom. The van der Waals surface area contributed by atoms with Crippen LogP contribution in [0.1, 0.15) is 63.3 Å². The van der Waals surface area contributed by atoms with Gasteiger partial charge >= 0.3 is 6.18 Å². The van der Waals surface area contributed by atoms with E-state index in [1.54, 1.807) is 0 Å². The van der Waals surface area contributed by atoms with E-state index in [2.05, 4.69) is 24.3 Å². The summed E-state index contributed by atoms with van der Waals surface area (Å²) in [5, 5.41) is 6.64. The molecule has 0 bridgehead atoms. The molecule has 0 aliphatic heterocycles. The third-order valence-corrected chi connectivity index (χ3v) is 5.44. The highest BCUT2D eigenvalue weighted by Gasteiger charge is 2.38. The van der Waals surface area contributed by atoms with E-state index in [4.69, 9.17) is 0 Å². The zero-order chi connectivity index (χ0) is 17.5. The number of rotatable bonds is 4. The van der Waals surface area contributed by atoms with Crippen LogP contribution in [0.3, 0.4) is 0 Å². The van der Waals surface area contributed by atoms with Gasteiger partial charge in [0.15, 0.2) is 5.69 Å². The molecule has 24 heavy (non-hydrogen) atoms. The van der Waals surface area contributed by atoms with Gasteiger partial charge in [0, 0.05) is 17.7 Å². The Morgan fingerprint density at radius 3 is 2.62 bits per heavy atom. The van der Waals surface area contributed by atoms with Crippen molar-refractivity contribution in [2.75, 3.05) is 0 Å². The summed E-state index contributed by atoms with van der Waals surface area (Å²) < 4.78 is 39.9. The molecule has 1 aromatic heterocycles. The maximum atomic E-state index is 12.9. The maximum Gasteiger partial charge on any atom is 0.435 e. The Bertz CT molecular complexity index is 607. The standard InChI is InChI=1S/C17H24F3N3O/c1-10-4-3-5-13(11(10)2)21-16(24)9-23-14(12-6-7-12)8-15(22-23)17(18,19)20/h8,10-13H,3-7,9H2,1-2H3,(H,21,24). The monoisotopic (exact) mass is 343 g/mol. The second-order valence-corrected chi connectivity index (χ2v) is 7.33. The molecule has 3 unspecified atom stereocenters. The molecule has 3 rings (SSSR count). The quantitative estimate of drug-likeness (QED) is 0.906. The molecule has 2 fully saturated rings. The SMILES string of the molecule is CC1CCCC(NC(=O)Cn2nc(C(F)(F)F)cc2C2CC2)C1C. The average molecular weight is 343 g/mol. The average Bonchev–Trinajstić information content (AvgIpc) is 3.24. The predicted molar refractivity (Wildman–Crippen MR) is 83.3 cm³/mol. The normalized spacial score (nSPS) is 28.0. The predicted octanol–water partition coefficient (Wildman–Crippen LogP) is 3.72. The zero-order valence-electron chi connectivity index (χ0n) is 14.1. The molecule has 0 saturated heterocycles. The van der Waals surface area contributed by atoms with Crippen LogP contribution >= 0.6 is 0 Å². The van der Waals surface area contributed by atoms with Gasteiger partial charge in [-0.25, -0.2) is 0 Å². The molecule has 3 atom stereocenters. The summed E-state index contributed by atoms with van der Waals surface area (Å²) in [5.74, 6) is 0.788. The van der Waals surface area contributed by atoms with Gasteiger partial charge in [0.05, 0.1) is 0 Å². The van der Waals surface area contributed by atoms with Crippen molar-refractivity contribution in [1.29, 1.82) is 0 Å². The number of halogens is 3. The largest absolute Gasteiger partial charge is 0.435 e. The summed E-state index contributed by atoms with van der Waals surface area (Å²) in [4.78, 5) is 12.3. The lowest BCUT2D eigenvalue weighted by molar-refractivity contribution is -0.141. The number of alkyl halides is 3. The van der Waals surface area contributed by atoms with E-state index in [0.29, 0.717) is 17.5 Å². The Hall–Kier alpha value is -1.53. The first kappa shape index (κ1) is 17.3. The molecule has 1 heterocycles. The molecule has 2 aliphatic rings. The van der Waals surface area contributed by atoms with Crippen LogP contribution in [0.2, 0.25) is 0 Å². The Balaban J connectivity index is 1.69. The molecule has 0 radical (unpaired) electrons. The summed E-state index contributed by atoms with van der Waals surface area (Å²) in [6.45, 7) is 4.16. The lowest BCUT2D eigenvalue weighted by atomic mass is 9.78. The summed E-state index contributed by atoms with van der Waals surface area (Å²) in [6, 6.07) is 1.19. The number of hydrogen-bond acceptors (Lipinski definition) is 2. The molecule has 2 saturated carbocycles. The van der Waals surface area contributed by atoms with Gasteiger partial charge < -0.3 is 5.32 Å². The first-order valence-electron chi connectivity index (χ1n) is 8.70. The van der Waals surface area contributed by atoms with E-state index in [1.165, 1.54) is 4.68 Å². The topological polar surface area (TPSA) is 46.9 Å². The van der Waals surface area contributed by atoms with Crippen molar-refractivity contribution in [1.82, 2.24) is 15.1 Å². The van der Waals surface area contributed by atoms with E-state index >= 15 is 0 Å². The van der Waals surface area contributed by atoms with Crippen LogP contribution in [-0.4, -0.2) is 21.7 Å². The van der Waals surface area contributed by atoms with E-state index in [9.17, 15) is 18.0 Å². The van der Waals surface area contributed by atoms with E-state index < -0.39 is 11.9 Å². The number of carbonyl (C=O) groups is 1. The van der Waals surface area contributed by atoms with Crippen LogP contribution in [0.25, 0.3) is 0 Å². The number of aromatic nitrogens is 2. The molecule has 1 amide bonds. The van der Waals surface area contributed by atoms with Gasteiger partial charge in [-0.2, -0.15) is 18.3 Å². The second-order valence-electron chi connectivity index (χ2n) is 7.33. The van der Waals surface area contributed by atoms with Crippen molar-refractivity contribution in [3.05, 3.63) is 17.5 Å². The third-order valence-electron chi connectivity index (χ3n) is 5.44. The number of carbonyl (C=O) groups excluding carboxylic acids is 1. The molecule has 4 nitrogen and oxygen atoms in total. The van der Waals surface area contributed by atoms with Crippen molar-refractivity contribution in [2.45, 2.75) is 70.6 Å². The highest BCUT2D eigenvalue weighted by molar-refractivity contribution is 5.76. The molecule has 2 aliphatic carbocycles. The fourth-order valence-corrected chi connectivity index (χ4v) is 3.58. The van der Waals surface area contributed by atoms with Crippen LogP contribution in [-0.2, 0) is 17.5 Å². The van der Waals surface area contributed by atoms with Gasteiger partial charge in [0.1, 0.15) is 6.54 Å². The zero-order valence-corrected chi connectivity index (χ0v) is 14.1. The molecule has 0 aromatic carbocycles. The summed E-state index contributed by atoms with van der Waals surface area (Å²) in [5.41, 5.74) is -0.376. The maximum absolute atomic E-state index is 12.9. The van der Waals surface area contributed by atoms with E-state index in [-0.39, 0.29) is 24.4 Å². The summed E-state index contributed by atoms with van der Waals surface area (Å²) in [6.07, 6.45) is 0.416. The van der Waals surface area contributed by atoms with Crippen LogP contribution < -0.4 is 5.32 Å². The lowest BCUT2D eigenvalue weighted by Crippen LogP contribution is -2.45. The van der Waals surface area contributed by atoms with Crippen molar-refractivity contribution >= 4 is 5.91 Å². The highest BCUT2D eigenvalue weighted by atomic mass is 19.4. The van der Waals surface area contributed by atoms with Gasteiger partial charge in [-0.05, 0) is 37.2 Å². The first-order chi connectivity index (χ1) is 11.3. The minimum atomic E-state index is -4.47. The summed E-state index contributed by atoms with van der Waals surface area (Å²) in [7, 11) is 0. The number of nitrogens with zero attached hydrogens (tertiary/aromatic N) is 2. The molecule has 7 heteroatoms. The van der Waals surface area contributed by atoms with Gasteiger partial charge in [-0.3, -0.25) is 9.48 Å². The van der Waals surface area contributed by atoms with Gasteiger partial charge in [-0.15, -0.1) is 0 Å².